The van der Waals surface area contributed by atoms with E-state index in [4.69, 9.17) is 9.47 Å². The third-order valence-electron chi connectivity index (χ3n) is 4.05. The Hall–Kier alpha value is -3.36. The van der Waals surface area contributed by atoms with Crippen molar-refractivity contribution in [1.29, 1.82) is 0 Å². The summed E-state index contributed by atoms with van der Waals surface area (Å²) < 4.78 is 48.5. The summed E-state index contributed by atoms with van der Waals surface area (Å²) in [6, 6.07) is 9.27. The normalized spacial score (nSPS) is 11.3. The first-order valence-electron chi connectivity index (χ1n) is 8.86. The van der Waals surface area contributed by atoms with Crippen LogP contribution in [0.2, 0.25) is 0 Å². The van der Waals surface area contributed by atoms with Gasteiger partial charge in [-0.25, -0.2) is 9.97 Å². The van der Waals surface area contributed by atoms with Gasteiger partial charge in [-0.2, -0.15) is 13.2 Å². The van der Waals surface area contributed by atoms with E-state index < -0.39 is 11.9 Å². The fraction of sp³-hybridized carbons (Fsp3) is 0.250. The first-order valence-corrected chi connectivity index (χ1v) is 8.86. The molecule has 0 unspecified atom stereocenters. The van der Waals surface area contributed by atoms with E-state index in [0.29, 0.717) is 30.8 Å². The second-order valence-electron chi connectivity index (χ2n) is 6.12. The maximum absolute atomic E-state index is 12.5. The van der Waals surface area contributed by atoms with Crippen molar-refractivity contribution in [3.05, 3.63) is 76.0 Å². The van der Waals surface area contributed by atoms with Crippen LogP contribution in [0.25, 0.3) is 0 Å². The lowest BCUT2D eigenvalue weighted by molar-refractivity contribution is -0.141. The van der Waals surface area contributed by atoms with Gasteiger partial charge in [0.05, 0.1) is 12.8 Å². The number of H-pyrrole nitrogens is 1. The van der Waals surface area contributed by atoms with Gasteiger partial charge in [0.2, 0.25) is 0 Å². The van der Waals surface area contributed by atoms with Gasteiger partial charge in [-0.15, -0.1) is 0 Å². The third-order valence-corrected chi connectivity index (χ3v) is 4.05. The molecule has 0 radical (unpaired) electrons. The lowest BCUT2D eigenvalue weighted by atomic mass is 10.1. The number of hydrogen-bond donors (Lipinski definition) is 1. The topological polar surface area (TPSA) is 77.1 Å². The summed E-state index contributed by atoms with van der Waals surface area (Å²) in [6.07, 6.45) is -0.789. The van der Waals surface area contributed by atoms with Gasteiger partial charge in [0.1, 0.15) is 17.2 Å². The van der Waals surface area contributed by atoms with Gasteiger partial charge < -0.3 is 9.47 Å². The molecule has 152 valence electrons. The fourth-order valence-electron chi connectivity index (χ4n) is 2.46. The molecule has 1 N–H and O–H groups in total. The van der Waals surface area contributed by atoms with E-state index in [1.807, 2.05) is 19.1 Å². The molecule has 0 fully saturated rings. The minimum atomic E-state index is -4.48. The number of aromatic nitrogens is 3. The quantitative estimate of drug-likeness (QED) is 0.639. The van der Waals surface area contributed by atoms with Crippen LogP contribution in [0, 0.1) is 0 Å². The fourth-order valence-corrected chi connectivity index (χ4v) is 2.46. The van der Waals surface area contributed by atoms with Crippen LogP contribution in [0.1, 0.15) is 23.7 Å². The third kappa shape index (κ3) is 5.56. The van der Waals surface area contributed by atoms with Crippen LogP contribution < -0.4 is 15.0 Å². The van der Waals surface area contributed by atoms with Gasteiger partial charge in [0, 0.05) is 18.2 Å². The Morgan fingerprint density at radius 2 is 1.72 bits per heavy atom. The molecular weight excluding hydrogens is 387 g/mol. The lowest BCUT2D eigenvalue weighted by Crippen LogP contribution is -2.15. The molecule has 9 heteroatoms. The molecule has 0 aliphatic rings. The average molecular weight is 405 g/mol. The second kappa shape index (κ2) is 8.76. The van der Waals surface area contributed by atoms with Crippen LogP contribution in [0.3, 0.4) is 0 Å². The van der Waals surface area contributed by atoms with Crippen molar-refractivity contribution < 1.29 is 22.6 Å². The van der Waals surface area contributed by atoms with Gasteiger partial charge in [0.25, 0.3) is 11.6 Å². The zero-order valence-electron chi connectivity index (χ0n) is 15.5. The molecular formula is C20H18F3N3O3. The van der Waals surface area contributed by atoms with Crippen molar-refractivity contribution in [2.75, 3.05) is 6.61 Å². The monoisotopic (exact) mass is 405 g/mol. The van der Waals surface area contributed by atoms with Crippen LogP contribution in [-0.4, -0.2) is 21.6 Å². The summed E-state index contributed by atoms with van der Waals surface area (Å²) in [5, 5.41) is 0. The molecule has 0 saturated heterocycles. The molecule has 0 aliphatic heterocycles. The van der Waals surface area contributed by atoms with Crippen molar-refractivity contribution in [3.8, 4) is 17.5 Å². The van der Waals surface area contributed by atoms with Crippen LogP contribution in [0.5, 0.6) is 17.5 Å². The molecule has 3 aromatic rings. The second-order valence-corrected chi connectivity index (χ2v) is 6.12. The summed E-state index contributed by atoms with van der Waals surface area (Å²) in [7, 11) is 0. The van der Waals surface area contributed by atoms with Crippen molar-refractivity contribution in [3.63, 3.8) is 0 Å². The number of rotatable bonds is 7. The van der Waals surface area contributed by atoms with E-state index in [1.165, 1.54) is 12.3 Å². The molecule has 0 bridgehead atoms. The Balaban J connectivity index is 1.52. The van der Waals surface area contributed by atoms with E-state index in [2.05, 4.69) is 15.0 Å². The number of hydrogen-bond acceptors (Lipinski definition) is 5. The molecule has 1 aromatic carbocycles. The number of nitrogens with zero attached hydrogens (tertiary/aromatic N) is 2. The Morgan fingerprint density at radius 3 is 2.31 bits per heavy atom. The highest BCUT2D eigenvalue weighted by Crippen LogP contribution is 2.29. The first kappa shape index (κ1) is 20.4. The summed E-state index contributed by atoms with van der Waals surface area (Å²) in [5.74, 6) is 0.678. The van der Waals surface area contributed by atoms with Crippen molar-refractivity contribution in [1.82, 2.24) is 15.0 Å². The number of aromatic amines is 1. The van der Waals surface area contributed by atoms with Crippen LogP contribution >= 0.6 is 0 Å². The van der Waals surface area contributed by atoms with Crippen LogP contribution in [0.4, 0.5) is 13.2 Å². The molecule has 0 saturated carbocycles. The number of halogens is 3. The highest BCUT2D eigenvalue weighted by Gasteiger charge is 2.32. The van der Waals surface area contributed by atoms with Crippen LogP contribution in [-0.2, 0) is 19.0 Å². The number of ether oxygens (including phenoxy) is 2. The van der Waals surface area contributed by atoms with E-state index in [0.717, 1.165) is 17.8 Å². The summed E-state index contributed by atoms with van der Waals surface area (Å²) >= 11 is 0. The Labute approximate surface area is 164 Å². The molecule has 0 amide bonds. The smallest absolute Gasteiger partial charge is 0.433 e. The van der Waals surface area contributed by atoms with Gasteiger partial charge in [0.15, 0.2) is 0 Å². The minimum Gasteiger partial charge on any atom is -0.464 e. The number of aryl methyl sites for hydroxylation is 1. The number of alkyl halides is 3. The molecule has 3 rings (SSSR count). The van der Waals surface area contributed by atoms with Crippen molar-refractivity contribution in [2.45, 2.75) is 25.9 Å². The minimum absolute atomic E-state index is 0.168. The zero-order chi connectivity index (χ0) is 20.9. The first-order chi connectivity index (χ1) is 13.8. The van der Waals surface area contributed by atoms with Crippen molar-refractivity contribution >= 4 is 0 Å². The predicted molar refractivity (Wildman–Crippen MR) is 99.2 cm³/mol. The Morgan fingerprint density at radius 1 is 1.00 bits per heavy atom. The Kier molecular flexibility index (Phi) is 6.16. The molecule has 2 aromatic heterocycles. The molecule has 6 nitrogen and oxygen atoms in total. The molecule has 0 aliphatic carbocycles. The van der Waals surface area contributed by atoms with Gasteiger partial charge in [-0.05, 0) is 36.2 Å². The summed E-state index contributed by atoms with van der Waals surface area (Å²) in [5.41, 5.74) is 0.365. The van der Waals surface area contributed by atoms with Crippen molar-refractivity contribution in [2.24, 2.45) is 0 Å². The zero-order valence-corrected chi connectivity index (χ0v) is 15.5. The summed E-state index contributed by atoms with van der Waals surface area (Å²) in [6.45, 7) is 2.19. The van der Waals surface area contributed by atoms with Gasteiger partial charge in [-0.3, -0.25) is 9.78 Å². The standard InChI is InChI=1S/C20H18F3N3O3/c1-2-14-11-25-19(26-18(14)27)28-10-9-13-3-5-15(6-4-13)29-16-7-8-17(24-12-16)20(21,22)23/h3-8,11-12H,2,9-10H2,1H3,(H,25,26,27). The molecule has 2 heterocycles. The largest absolute Gasteiger partial charge is 0.464 e. The maximum atomic E-state index is 12.5. The van der Waals surface area contributed by atoms with E-state index in [-0.39, 0.29) is 17.3 Å². The molecule has 0 spiro atoms. The number of benzene rings is 1. The SMILES string of the molecule is CCc1cnc(OCCc2ccc(Oc3ccc(C(F)(F)F)nc3)cc2)[nH]c1=O. The maximum Gasteiger partial charge on any atom is 0.433 e. The number of pyridine rings is 1. The lowest BCUT2D eigenvalue weighted by Gasteiger charge is -2.09. The van der Waals surface area contributed by atoms with Crippen LogP contribution in [0.15, 0.2) is 53.6 Å². The van der Waals surface area contributed by atoms with Gasteiger partial charge in [-0.1, -0.05) is 19.1 Å². The molecule has 0 atom stereocenters. The van der Waals surface area contributed by atoms with E-state index >= 15 is 0 Å². The number of nitrogens with one attached hydrogen (secondary N) is 1. The highest BCUT2D eigenvalue weighted by atomic mass is 19.4. The predicted octanol–water partition coefficient (Wildman–Crippen LogP) is 4.16. The summed E-state index contributed by atoms with van der Waals surface area (Å²) in [4.78, 5) is 21.7. The van der Waals surface area contributed by atoms with E-state index in [1.54, 1.807) is 12.1 Å². The highest BCUT2D eigenvalue weighted by molar-refractivity contribution is 5.32. The van der Waals surface area contributed by atoms with E-state index in [9.17, 15) is 18.0 Å². The van der Waals surface area contributed by atoms with Gasteiger partial charge >= 0.3 is 6.18 Å². The Bertz CT molecular complexity index is 1000. The molecule has 29 heavy (non-hydrogen) atoms. The average Bonchev–Trinajstić information content (AvgIpc) is 2.69.